The number of aromatic nitrogens is 2. The van der Waals surface area contributed by atoms with Crippen molar-refractivity contribution < 1.29 is 19.6 Å². The van der Waals surface area contributed by atoms with Crippen molar-refractivity contribution >= 4 is 29.9 Å². The molecule has 0 aliphatic carbocycles. The fourth-order valence-electron chi connectivity index (χ4n) is 3.72. The van der Waals surface area contributed by atoms with E-state index in [1.165, 1.54) is 11.3 Å². The number of amides is 3. The summed E-state index contributed by atoms with van der Waals surface area (Å²) in [5.74, 6) is 0.372. The number of hydroxylamine groups is 2. The minimum atomic E-state index is -0.707. The van der Waals surface area contributed by atoms with E-state index in [4.69, 9.17) is 5.21 Å². The Labute approximate surface area is 174 Å². The van der Waals surface area contributed by atoms with Crippen LogP contribution in [0.3, 0.4) is 0 Å². The number of likely N-dealkylation sites (N-methyl/N-ethyl adjacent to an activating group) is 1. The van der Waals surface area contributed by atoms with Gasteiger partial charge < -0.3 is 15.1 Å². The highest BCUT2D eigenvalue weighted by Crippen LogP contribution is 2.20. The van der Waals surface area contributed by atoms with Gasteiger partial charge in [0.2, 0.25) is 18.2 Å². The molecule has 12 nitrogen and oxygen atoms in total. The van der Waals surface area contributed by atoms with Crippen LogP contribution >= 0.6 is 0 Å². The zero-order valence-corrected chi connectivity index (χ0v) is 17.2. The lowest BCUT2D eigenvalue weighted by Gasteiger charge is -2.39. The Morgan fingerprint density at radius 1 is 1.40 bits per heavy atom. The van der Waals surface area contributed by atoms with Crippen LogP contribution in [0.1, 0.15) is 19.8 Å². The Bertz CT molecular complexity index is 778. The van der Waals surface area contributed by atoms with Crippen LogP contribution in [0.4, 0.5) is 11.6 Å². The Morgan fingerprint density at radius 3 is 2.93 bits per heavy atom. The standard InChI is InChI=1S/C18H28N8O4/c1-13-10-23(2)7-8-25(13)16-9-15(19-11-20-16)22-18(29)14-3-5-21-26(14)17(28)4-6-24(30)12-27/h9,11-14,21,30H,3-8,10H2,1-2H3,(H,19,20,22,29)/t13-,14+/m1/s1. The molecule has 2 atom stereocenters. The number of nitrogens with one attached hydrogen (secondary N) is 2. The summed E-state index contributed by atoms with van der Waals surface area (Å²) in [5.41, 5.74) is 2.88. The molecule has 1 aromatic heterocycles. The summed E-state index contributed by atoms with van der Waals surface area (Å²) in [6, 6.07) is 1.32. The Balaban J connectivity index is 1.62. The van der Waals surface area contributed by atoms with Crippen LogP contribution in [-0.4, -0.2) is 100 Å². The number of piperazine rings is 1. The second kappa shape index (κ2) is 9.78. The zero-order chi connectivity index (χ0) is 21.7. The maximum Gasteiger partial charge on any atom is 0.250 e. The number of hydrazine groups is 1. The van der Waals surface area contributed by atoms with E-state index in [1.54, 1.807) is 6.07 Å². The monoisotopic (exact) mass is 420 g/mol. The van der Waals surface area contributed by atoms with Gasteiger partial charge >= 0.3 is 0 Å². The first-order valence-electron chi connectivity index (χ1n) is 9.93. The molecule has 2 fully saturated rings. The van der Waals surface area contributed by atoms with E-state index in [2.05, 4.69) is 44.5 Å². The van der Waals surface area contributed by atoms with Crippen molar-refractivity contribution in [2.24, 2.45) is 0 Å². The average Bonchev–Trinajstić information content (AvgIpc) is 3.22. The van der Waals surface area contributed by atoms with Crippen LogP contribution in [0.5, 0.6) is 0 Å². The van der Waals surface area contributed by atoms with Gasteiger partial charge in [0.05, 0.1) is 6.54 Å². The van der Waals surface area contributed by atoms with Gasteiger partial charge in [0.1, 0.15) is 24.0 Å². The third-order valence-electron chi connectivity index (χ3n) is 5.29. The molecule has 164 valence electrons. The second-order valence-electron chi connectivity index (χ2n) is 7.55. The van der Waals surface area contributed by atoms with Crippen LogP contribution in [-0.2, 0) is 14.4 Å². The third kappa shape index (κ3) is 5.20. The van der Waals surface area contributed by atoms with Gasteiger partial charge in [-0.3, -0.25) is 24.6 Å². The van der Waals surface area contributed by atoms with Crippen LogP contribution in [0.15, 0.2) is 12.4 Å². The SMILES string of the molecule is C[C@@H]1CN(C)CCN1c1cc(NC(=O)[C@@H]2CCNN2C(=O)CCN(O)C=O)ncn1. The van der Waals surface area contributed by atoms with Gasteiger partial charge in [0.15, 0.2) is 0 Å². The summed E-state index contributed by atoms with van der Waals surface area (Å²) in [6.07, 6.45) is 1.98. The maximum atomic E-state index is 12.8. The summed E-state index contributed by atoms with van der Waals surface area (Å²) in [7, 11) is 2.08. The molecule has 3 heterocycles. The highest BCUT2D eigenvalue weighted by Gasteiger charge is 2.34. The largest absolute Gasteiger partial charge is 0.351 e. The first kappa shape index (κ1) is 21.9. The second-order valence-corrected chi connectivity index (χ2v) is 7.55. The maximum absolute atomic E-state index is 12.8. The lowest BCUT2D eigenvalue weighted by atomic mass is 10.2. The Morgan fingerprint density at radius 2 is 2.20 bits per heavy atom. The van der Waals surface area contributed by atoms with E-state index in [9.17, 15) is 14.4 Å². The van der Waals surface area contributed by atoms with Crippen molar-refractivity contribution in [2.45, 2.75) is 31.8 Å². The van der Waals surface area contributed by atoms with Gasteiger partial charge in [0, 0.05) is 44.7 Å². The predicted octanol–water partition coefficient (Wildman–Crippen LogP) is -1.10. The molecular weight excluding hydrogens is 392 g/mol. The zero-order valence-electron chi connectivity index (χ0n) is 17.2. The van der Waals surface area contributed by atoms with Gasteiger partial charge in [-0.05, 0) is 20.4 Å². The highest BCUT2D eigenvalue weighted by atomic mass is 16.5. The molecule has 2 saturated heterocycles. The van der Waals surface area contributed by atoms with Crippen LogP contribution < -0.4 is 15.6 Å². The molecule has 3 amide bonds. The van der Waals surface area contributed by atoms with Gasteiger partial charge in [-0.15, -0.1) is 0 Å². The first-order chi connectivity index (χ1) is 14.4. The number of hydrogen-bond donors (Lipinski definition) is 3. The van der Waals surface area contributed by atoms with Gasteiger partial charge in [-0.1, -0.05) is 0 Å². The smallest absolute Gasteiger partial charge is 0.250 e. The van der Waals surface area contributed by atoms with Crippen molar-refractivity contribution in [2.75, 3.05) is 50.0 Å². The fourth-order valence-corrected chi connectivity index (χ4v) is 3.72. The van der Waals surface area contributed by atoms with Crippen molar-refractivity contribution in [3.05, 3.63) is 12.4 Å². The fraction of sp³-hybridized carbons (Fsp3) is 0.611. The molecule has 2 aliphatic heterocycles. The number of rotatable bonds is 7. The summed E-state index contributed by atoms with van der Waals surface area (Å²) in [4.78, 5) is 48.5. The molecule has 0 bridgehead atoms. The number of hydrogen-bond acceptors (Lipinski definition) is 9. The molecule has 3 N–H and O–H groups in total. The Kier molecular flexibility index (Phi) is 7.13. The highest BCUT2D eigenvalue weighted by molar-refractivity contribution is 5.97. The molecule has 0 aromatic carbocycles. The average molecular weight is 420 g/mol. The summed E-state index contributed by atoms with van der Waals surface area (Å²) < 4.78 is 0. The molecule has 12 heteroatoms. The summed E-state index contributed by atoms with van der Waals surface area (Å²) >= 11 is 0. The minimum Gasteiger partial charge on any atom is -0.351 e. The normalized spacial score (nSPS) is 22.1. The number of anilines is 2. The third-order valence-corrected chi connectivity index (χ3v) is 5.29. The lowest BCUT2D eigenvalue weighted by molar-refractivity contribution is -0.153. The molecule has 0 unspecified atom stereocenters. The molecular formula is C18H28N8O4. The van der Waals surface area contributed by atoms with Crippen LogP contribution in [0, 0.1) is 0 Å². The first-order valence-corrected chi connectivity index (χ1v) is 9.93. The van der Waals surface area contributed by atoms with Gasteiger partial charge in [-0.2, -0.15) is 0 Å². The number of carbonyl (C=O) groups is 3. The van der Waals surface area contributed by atoms with E-state index in [-0.39, 0.29) is 37.2 Å². The Hall–Kier alpha value is -2.83. The van der Waals surface area contributed by atoms with Crippen molar-refractivity contribution in [3.63, 3.8) is 0 Å². The molecule has 30 heavy (non-hydrogen) atoms. The van der Waals surface area contributed by atoms with Gasteiger partial charge in [-0.25, -0.2) is 20.5 Å². The van der Waals surface area contributed by atoms with Crippen molar-refractivity contribution in [1.82, 2.24) is 30.4 Å². The molecule has 0 saturated carbocycles. The van der Waals surface area contributed by atoms with E-state index < -0.39 is 6.04 Å². The lowest BCUT2D eigenvalue weighted by Crippen LogP contribution is -2.51. The van der Waals surface area contributed by atoms with Crippen LogP contribution in [0.25, 0.3) is 0 Å². The minimum absolute atomic E-state index is 0.106. The van der Waals surface area contributed by atoms with E-state index in [0.717, 1.165) is 25.5 Å². The molecule has 1 aromatic rings. The topological polar surface area (TPSA) is 134 Å². The summed E-state index contributed by atoms with van der Waals surface area (Å²) in [6.45, 7) is 5.13. The molecule has 0 spiro atoms. The van der Waals surface area contributed by atoms with Gasteiger partial charge in [0.25, 0.3) is 0 Å². The quantitative estimate of drug-likeness (QED) is 0.285. The van der Waals surface area contributed by atoms with E-state index in [0.29, 0.717) is 23.8 Å². The summed E-state index contributed by atoms with van der Waals surface area (Å²) in [5, 5.41) is 13.6. The number of carbonyl (C=O) groups excluding carboxylic acids is 3. The number of nitrogens with zero attached hydrogens (tertiary/aromatic N) is 6. The molecule has 0 radical (unpaired) electrons. The molecule has 2 aliphatic rings. The van der Waals surface area contributed by atoms with E-state index in [1.807, 2.05) is 0 Å². The van der Waals surface area contributed by atoms with Crippen molar-refractivity contribution in [1.29, 1.82) is 0 Å². The van der Waals surface area contributed by atoms with E-state index >= 15 is 0 Å². The predicted molar refractivity (Wildman–Crippen MR) is 107 cm³/mol. The van der Waals surface area contributed by atoms with Crippen LogP contribution in [0.2, 0.25) is 0 Å². The van der Waals surface area contributed by atoms with Crippen molar-refractivity contribution in [3.8, 4) is 0 Å². The molecule has 3 rings (SSSR count).